The average molecular weight is 174 g/mol. The van der Waals surface area contributed by atoms with Crippen molar-refractivity contribution in [2.45, 2.75) is 25.6 Å². The Labute approximate surface area is 71.8 Å². The highest BCUT2D eigenvalue weighted by Gasteiger charge is 2.15. The van der Waals surface area contributed by atoms with Crippen molar-refractivity contribution in [1.29, 1.82) is 0 Å². The molecule has 4 heteroatoms. The van der Waals surface area contributed by atoms with Crippen molar-refractivity contribution in [2.24, 2.45) is 0 Å². The van der Waals surface area contributed by atoms with Gasteiger partial charge in [-0.15, -0.1) is 0 Å². The summed E-state index contributed by atoms with van der Waals surface area (Å²) in [7, 11) is 1.34. The van der Waals surface area contributed by atoms with Crippen LogP contribution in [0, 0.1) is 0 Å². The van der Waals surface area contributed by atoms with Gasteiger partial charge in [0.1, 0.15) is 6.61 Å². The molecule has 0 N–H and O–H groups in total. The van der Waals surface area contributed by atoms with Crippen LogP contribution in [0.5, 0.6) is 0 Å². The van der Waals surface area contributed by atoms with Crippen molar-refractivity contribution in [1.82, 2.24) is 0 Å². The fraction of sp³-hybridized carbons (Fsp3) is 0.875. The van der Waals surface area contributed by atoms with Gasteiger partial charge in [-0.3, -0.25) is 0 Å². The van der Waals surface area contributed by atoms with Gasteiger partial charge in [-0.25, -0.2) is 4.79 Å². The van der Waals surface area contributed by atoms with Gasteiger partial charge in [-0.2, -0.15) is 0 Å². The molecule has 1 aliphatic heterocycles. The zero-order chi connectivity index (χ0) is 8.81. The van der Waals surface area contributed by atoms with Crippen molar-refractivity contribution < 1.29 is 19.0 Å². The van der Waals surface area contributed by atoms with E-state index in [1.807, 2.05) is 0 Å². The van der Waals surface area contributed by atoms with Crippen LogP contribution in [0.15, 0.2) is 0 Å². The molecule has 0 aromatic rings. The molecule has 0 radical (unpaired) electrons. The maximum Gasteiger partial charge on any atom is 0.331 e. The molecular weight excluding hydrogens is 160 g/mol. The first-order valence-corrected chi connectivity index (χ1v) is 4.13. The predicted octanol–water partition coefficient (Wildman–Crippen LogP) is 0.703. The van der Waals surface area contributed by atoms with Crippen LogP contribution < -0.4 is 0 Å². The Balaban J connectivity index is 2.09. The van der Waals surface area contributed by atoms with Gasteiger partial charge in [0.05, 0.1) is 7.11 Å². The summed E-state index contributed by atoms with van der Waals surface area (Å²) < 4.78 is 14.8. The lowest BCUT2D eigenvalue weighted by atomic mass is 10.2. The van der Waals surface area contributed by atoms with E-state index in [1.54, 1.807) is 0 Å². The molecule has 0 saturated carbocycles. The maximum absolute atomic E-state index is 10.7. The Kier molecular flexibility index (Phi) is 4.04. The fourth-order valence-electron chi connectivity index (χ4n) is 1.06. The number of ether oxygens (including phenoxy) is 3. The Morgan fingerprint density at radius 1 is 1.58 bits per heavy atom. The molecule has 0 aromatic carbocycles. The second-order valence-electron chi connectivity index (χ2n) is 2.68. The topological polar surface area (TPSA) is 44.8 Å². The summed E-state index contributed by atoms with van der Waals surface area (Å²) in [6.45, 7) is 0.715. The Morgan fingerprint density at radius 3 is 3.00 bits per heavy atom. The normalized spacial score (nSPS) is 23.6. The summed E-state index contributed by atoms with van der Waals surface area (Å²) in [5, 5.41) is 0. The van der Waals surface area contributed by atoms with Gasteiger partial charge < -0.3 is 14.2 Å². The lowest BCUT2D eigenvalue weighted by Gasteiger charge is -2.21. The lowest BCUT2D eigenvalue weighted by Crippen LogP contribution is -2.25. The molecule has 1 rings (SSSR count). The largest absolute Gasteiger partial charge is 0.467 e. The highest BCUT2D eigenvalue weighted by molar-refractivity contribution is 5.70. The predicted molar refractivity (Wildman–Crippen MR) is 41.6 cm³/mol. The van der Waals surface area contributed by atoms with E-state index in [9.17, 15) is 4.79 Å². The lowest BCUT2D eigenvalue weighted by molar-refractivity contribution is -0.180. The number of methoxy groups -OCH3 is 1. The highest BCUT2D eigenvalue weighted by Crippen LogP contribution is 2.13. The van der Waals surface area contributed by atoms with Gasteiger partial charge in [0.2, 0.25) is 0 Å². The van der Waals surface area contributed by atoms with Gasteiger partial charge in [-0.05, 0) is 19.3 Å². The Bertz CT molecular complexity index is 140. The Hall–Kier alpha value is -0.610. The minimum Gasteiger partial charge on any atom is -0.467 e. The van der Waals surface area contributed by atoms with Gasteiger partial charge in [0, 0.05) is 6.61 Å². The third-order valence-electron chi connectivity index (χ3n) is 1.75. The summed E-state index contributed by atoms with van der Waals surface area (Å²) in [6, 6.07) is 0. The molecule has 0 aromatic heterocycles. The van der Waals surface area contributed by atoms with Gasteiger partial charge in [0.25, 0.3) is 0 Å². The summed E-state index contributed by atoms with van der Waals surface area (Å²) in [5.74, 6) is -0.357. The Morgan fingerprint density at radius 2 is 2.42 bits per heavy atom. The molecule has 1 fully saturated rings. The molecule has 1 atom stereocenters. The van der Waals surface area contributed by atoms with Crippen LogP contribution in [-0.2, 0) is 19.0 Å². The van der Waals surface area contributed by atoms with Gasteiger partial charge >= 0.3 is 5.97 Å². The van der Waals surface area contributed by atoms with E-state index >= 15 is 0 Å². The number of rotatable bonds is 3. The molecule has 0 bridgehead atoms. The van der Waals surface area contributed by atoms with Crippen LogP contribution in [0.1, 0.15) is 19.3 Å². The van der Waals surface area contributed by atoms with Crippen LogP contribution in [0.3, 0.4) is 0 Å². The van der Waals surface area contributed by atoms with Crippen molar-refractivity contribution in [3.63, 3.8) is 0 Å². The number of hydrogen-bond acceptors (Lipinski definition) is 4. The third kappa shape index (κ3) is 3.19. The molecular formula is C8H14O4. The number of esters is 1. The average Bonchev–Trinajstić information content (AvgIpc) is 2.16. The van der Waals surface area contributed by atoms with E-state index in [-0.39, 0.29) is 18.9 Å². The van der Waals surface area contributed by atoms with Crippen LogP contribution >= 0.6 is 0 Å². The molecule has 12 heavy (non-hydrogen) atoms. The third-order valence-corrected chi connectivity index (χ3v) is 1.75. The summed E-state index contributed by atoms with van der Waals surface area (Å²) in [6.07, 6.45) is 2.85. The van der Waals surface area contributed by atoms with E-state index in [0.29, 0.717) is 0 Å². The quantitative estimate of drug-likeness (QED) is 0.591. The van der Waals surface area contributed by atoms with E-state index in [2.05, 4.69) is 4.74 Å². The standard InChI is InChI=1S/C8H14O4/c1-10-7(9)6-12-8-4-2-3-5-11-8/h8H,2-6H2,1H3. The zero-order valence-electron chi connectivity index (χ0n) is 7.25. The minimum absolute atomic E-state index is 0.0127. The summed E-state index contributed by atoms with van der Waals surface area (Å²) in [4.78, 5) is 10.7. The molecule has 1 saturated heterocycles. The van der Waals surface area contributed by atoms with Crippen LogP contribution in [0.2, 0.25) is 0 Å². The molecule has 1 heterocycles. The monoisotopic (exact) mass is 174 g/mol. The van der Waals surface area contributed by atoms with Crippen LogP contribution in [0.25, 0.3) is 0 Å². The zero-order valence-corrected chi connectivity index (χ0v) is 7.25. The molecule has 0 amide bonds. The first-order chi connectivity index (χ1) is 5.83. The fourth-order valence-corrected chi connectivity index (χ4v) is 1.06. The van der Waals surface area contributed by atoms with E-state index in [4.69, 9.17) is 9.47 Å². The van der Waals surface area contributed by atoms with Gasteiger partial charge in [0.15, 0.2) is 6.29 Å². The SMILES string of the molecule is COC(=O)COC1CCCCO1. The van der Waals surface area contributed by atoms with Crippen molar-refractivity contribution in [2.75, 3.05) is 20.3 Å². The van der Waals surface area contributed by atoms with Crippen LogP contribution in [-0.4, -0.2) is 32.6 Å². The maximum atomic E-state index is 10.7. The highest BCUT2D eigenvalue weighted by atomic mass is 16.7. The van der Waals surface area contributed by atoms with Crippen LogP contribution in [0.4, 0.5) is 0 Å². The molecule has 1 unspecified atom stereocenters. The van der Waals surface area contributed by atoms with E-state index < -0.39 is 0 Å². The number of carbonyl (C=O) groups excluding carboxylic acids is 1. The van der Waals surface area contributed by atoms with E-state index in [0.717, 1.165) is 25.9 Å². The smallest absolute Gasteiger partial charge is 0.331 e. The molecule has 0 spiro atoms. The second kappa shape index (κ2) is 5.11. The first-order valence-electron chi connectivity index (χ1n) is 4.13. The minimum atomic E-state index is -0.357. The van der Waals surface area contributed by atoms with Crippen molar-refractivity contribution >= 4 is 5.97 Å². The molecule has 1 aliphatic rings. The molecule has 70 valence electrons. The van der Waals surface area contributed by atoms with E-state index in [1.165, 1.54) is 7.11 Å². The number of hydrogen-bond donors (Lipinski definition) is 0. The second-order valence-corrected chi connectivity index (χ2v) is 2.68. The molecule has 0 aliphatic carbocycles. The summed E-state index contributed by atoms with van der Waals surface area (Å²) >= 11 is 0. The summed E-state index contributed by atoms with van der Waals surface area (Å²) in [5.41, 5.74) is 0. The number of carbonyl (C=O) groups is 1. The molecule has 4 nitrogen and oxygen atoms in total. The first kappa shape index (κ1) is 9.48. The van der Waals surface area contributed by atoms with Crippen molar-refractivity contribution in [3.05, 3.63) is 0 Å². The van der Waals surface area contributed by atoms with Crippen molar-refractivity contribution in [3.8, 4) is 0 Å². The van der Waals surface area contributed by atoms with Gasteiger partial charge in [-0.1, -0.05) is 0 Å².